The number of carbonyl (C=O) groups excluding carboxylic acids is 1. The Morgan fingerprint density at radius 1 is 1.22 bits per heavy atom. The monoisotopic (exact) mass is 249 g/mol. The van der Waals surface area contributed by atoms with Crippen molar-refractivity contribution in [2.75, 3.05) is 27.2 Å². The molecule has 0 atom stereocenters. The minimum atomic E-state index is 0.0982. The standard InChI is InChI=1S/C15H23NO2/c1-12(2)15(17)11-13-5-7-14(8-6-13)18-10-9-16(3)4/h5-8,12H,9-11H2,1-4H3. The molecule has 0 saturated carbocycles. The summed E-state index contributed by atoms with van der Waals surface area (Å²) in [6, 6.07) is 7.79. The number of ketones is 1. The van der Waals surface area contributed by atoms with Gasteiger partial charge in [0.15, 0.2) is 0 Å². The third kappa shape index (κ3) is 5.32. The van der Waals surface area contributed by atoms with E-state index in [1.54, 1.807) is 0 Å². The summed E-state index contributed by atoms with van der Waals surface area (Å²) in [6.45, 7) is 5.44. The van der Waals surface area contributed by atoms with Crippen molar-refractivity contribution in [1.29, 1.82) is 0 Å². The molecule has 0 aromatic heterocycles. The Morgan fingerprint density at radius 3 is 2.33 bits per heavy atom. The number of hydrogen-bond acceptors (Lipinski definition) is 3. The molecule has 1 aromatic rings. The van der Waals surface area contributed by atoms with Gasteiger partial charge in [0.05, 0.1) is 0 Å². The summed E-state index contributed by atoms with van der Waals surface area (Å²) in [7, 11) is 4.04. The maximum Gasteiger partial charge on any atom is 0.139 e. The zero-order valence-electron chi connectivity index (χ0n) is 11.8. The molecule has 1 aromatic carbocycles. The molecule has 0 fully saturated rings. The topological polar surface area (TPSA) is 29.5 Å². The van der Waals surface area contributed by atoms with Gasteiger partial charge in [-0.2, -0.15) is 0 Å². The van der Waals surface area contributed by atoms with E-state index in [2.05, 4.69) is 4.90 Å². The second-order valence-electron chi connectivity index (χ2n) is 5.09. The summed E-state index contributed by atoms with van der Waals surface area (Å²) in [5, 5.41) is 0. The van der Waals surface area contributed by atoms with Crippen molar-refractivity contribution >= 4 is 5.78 Å². The van der Waals surface area contributed by atoms with Crippen molar-refractivity contribution in [2.24, 2.45) is 5.92 Å². The zero-order chi connectivity index (χ0) is 13.5. The predicted molar refractivity (Wildman–Crippen MR) is 74.0 cm³/mol. The first-order chi connectivity index (χ1) is 8.49. The van der Waals surface area contributed by atoms with E-state index in [-0.39, 0.29) is 11.7 Å². The Morgan fingerprint density at radius 2 is 1.83 bits per heavy atom. The van der Waals surface area contributed by atoms with Gasteiger partial charge in [-0.1, -0.05) is 26.0 Å². The lowest BCUT2D eigenvalue weighted by Crippen LogP contribution is -2.19. The summed E-state index contributed by atoms with van der Waals surface area (Å²) in [5.41, 5.74) is 1.05. The first kappa shape index (κ1) is 14.7. The van der Waals surface area contributed by atoms with E-state index in [1.165, 1.54) is 0 Å². The second kappa shape index (κ2) is 7.17. The lowest BCUT2D eigenvalue weighted by atomic mass is 10.0. The number of ether oxygens (including phenoxy) is 1. The largest absolute Gasteiger partial charge is 0.492 e. The Bertz CT molecular complexity index is 369. The van der Waals surface area contributed by atoms with Crippen LogP contribution in [0.4, 0.5) is 0 Å². The van der Waals surface area contributed by atoms with E-state index < -0.39 is 0 Å². The zero-order valence-corrected chi connectivity index (χ0v) is 11.8. The van der Waals surface area contributed by atoms with E-state index in [4.69, 9.17) is 4.74 Å². The molecule has 0 aliphatic heterocycles. The van der Waals surface area contributed by atoms with Crippen LogP contribution in [0.15, 0.2) is 24.3 Å². The number of hydrogen-bond donors (Lipinski definition) is 0. The first-order valence-electron chi connectivity index (χ1n) is 6.38. The quantitative estimate of drug-likeness (QED) is 0.743. The average Bonchev–Trinajstić information content (AvgIpc) is 2.30. The van der Waals surface area contributed by atoms with Crippen LogP contribution in [0.2, 0.25) is 0 Å². The van der Waals surface area contributed by atoms with Crippen molar-refractivity contribution in [3.63, 3.8) is 0 Å². The molecule has 0 unspecified atom stereocenters. The second-order valence-corrected chi connectivity index (χ2v) is 5.09. The molecular weight excluding hydrogens is 226 g/mol. The van der Waals surface area contributed by atoms with Crippen LogP contribution in [0.25, 0.3) is 0 Å². The summed E-state index contributed by atoms with van der Waals surface area (Å²) in [6.07, 6.45) is 0.510. The van der Waals surface area contributed by atoms with Gasteiger partial charge < -0.3 is 9.64 Å². The molecule has 0 N–H and O–H groups in total. The minimum Gasteiger partial charge on any atom is -0.492 e. The van der Waals surface area contributed by atoms with Gasteiger partial charge >= 0.3 is 0 Å². The smallest absolute Gasteiger partial charge is 0.139 e. The first-order valence-corrected chi connectivity index (χ1v) is 6.38. The fraction of sp³-hybridized carbons (Fsp3) is 0.533. The van der Waals surface area contributed by atoms with Gasteiger partial charge in [0.1, 0.15) is 18.1 Å². The summed E-state index contributed by atoms with van der Waals surface area (Å²) in [5.74, 6) is 1.23. The van der Waals surface area contributed by atoms with Crippen LogP contribution >= 0.6 is 0 Å². The fourth-order valence-electron chi connectivity index (χ4n) is 1.45. The third-order valence-electron chi connectivity index (χ3n) is 2.75. The Labute approximate surface area is 110 Å². The van der Waals surface area contributed by atoms with E-state index >= 15 is 0 Å². The molecule has 0 amide bonds. The maximum atomic E-state index is 11.6. The highest BCUT2D eigenvalue weighted by molar-refractivity contribution is 5.82. The molecule has 0 bridgehead atoms. The highest BCUT2D eigenvalue weighted by Crippen LogP contribution is 2.13. The van der Waals surface area contributed by atoms with Crippen molar-refractivity contribution in [1.82, 2.24) is 4.90 Å². The van der Waals surface area contributed by atoms with Crippen LogP contribution in [-0.4, -0.2) is 37.9 Å². The fourth-order valence-corrected chi connectivity index (χ4v) is 1.45. The number of carbonyl (C=O) groups is 1. The Kier molecular flexibility index (Phi) is 5.86. The summed E-state index contributed by atoms with van der Waals surface area (Å²) < 4.78 is 5.60. The van der Waals surface area contributed by atoms with E-state index in [1.807, 2.05) is 52.2 Å². The number of likely N-dealkylation sites (N-methyl/N-ethyl adjacent to an activating group) is 1. The number of benzene rings is 1. The molecule has 1 rings (SSSR count). The van der Waals surface area contributed by atoms with E-state index in [0.29, 0.717) is 13.0 Å². The Balaban J connectivity index is 2.45. The molecule has 3 heteroatoms. The molecule has 0 aliphatic carbocycles. The van der Waals surface area contributed by atoms with Crippen LogP contribution in [0.5, 0.6) is 5.75 Å². The van der Waals surface area contributed by atoms with Crippen molar-refractivity contribution in [2.45, 2.75) is 20.3 Å². The highest BCUT2D eigenvalue weighted by Gasteiger charge is 2.08. The minimum absolute atomic E-state index is 0.0982. The van der Waals surface area contributed by atoms with Gasteiger partial charge in [0.2, 0.25) is 0 Å². The van der Waals surface area contributed by atoms with Crippen molar-refractivity contribution < 1.29 is 9.53 Å². The third-order valence-corrected chi connectivity index (χ3v) is 2.75. The van der Waals surface area contributed by atoms with Crippen molar-refractivity contribution in [3.8, 4) is 5.75 Å². The van der Waals surface area contributed by atoms with Gasteiger partial charge in [-0.25, -0.2) is 0 Å². The van der Waals surface area contributed by atoms with Crippen LogP contribution in [-0.2, 0) is 11.2 Å². The van der Waals surface area contributed by atoms with Crippen LogP contribution in [0.1, 0.15) is 19.4 Å². The van der Waals surface area contributed by atoms with Crippen LogP contribution in [0, 0.1) is 5.92 Å². The molecule has 0 aliphatic rings. The SMILES string of the molecule is CC(C)C(=O)Cc1ccc(OCCN(C)C)cc1. The van der Waals surface area contributed by atoms with Crippen molar-refractivity contribution in [3.05, 3.63) is 29.8 Å². The molecule has 0 heterocycles. The van der Waals surface area contributed by atoms with Gasteiger partial charge in [0, 0.05) is 18.9 Å². The molecular formula is C15H23NO2. The molecule has 3 nitrogen and oxygen atoms in total. The highest BCUT2D eigenvalue weighted by atomic mass is 16.5. The average molecular weight is 249 g/mol. The summed E-state index contributed by atoms with van der Waals surface area (Å²) in [4.78, 5) is 13.7. The predicted octanol–water partition coefficient (Wildman–Crippen LogP) is 2.39. The number of Topliss-reactive ketones (excluding diaryl/α,β-unsaturated/α-hetero) is 1. The number of rotatable bonds is 7. The normalized spacial score (nSPS) is 11.0. The van der Waals surface area contributed by atoms with Gasteiger partial charge in [-0.3, -0.25) is 4.79 Å². The van der Waals surface area contributed by atoms with E-state index in [0.717, 1.165) is 17.9 Å². The van der Waals surface area contributed by atoms with E-state index in [9.17, 15) is 4.79 Å². The maximum absolute atomic E-state index is 11.6. The lowest BCUT2D eigenvalue weighted by Gasteiger charge is -2.11. The molecule has 0 saturated heterocycles. The molecule has 18 heavy (non-hydrogen) atoms. The van der Waals surface area contributed by atoms with Crippen LogP contribution in [0.3, 0.4) is 0 Å². The van der Waals surface area contributed by atoms with Crippen LogP contribution < -0.4 is 4.74 Å². The Hall–Kier alpha value is -1.35. The summed E-state index contributed by atoms with van der Waals surface area (Å²) >= 11 is 0. The molecule has 0 spiro atoms. The van der Waals surface area contributed by atoms with Gasteiger partial charge in [-0.05, 0) is 31.8 Å². The lowest BCUT2D eigenvalue weighted by molar-refractivity contribution is -0.121. The van der Waals surface area contributed by atoms with Gasteiger partial charge in [-0.15, -0.1) is 0 Å². The molecule has 0 radical (unpaired) electrons. The number of nitrogens with zero attached hydrogens (tertiary/aromatic N) is 1. The van der Waals surface area contributed by atoms with Gasteiger partial charge in [0.25, 0.3) is 0 Å². The molecule has 100 valence electrons.